The van der Waals surface area contributed by atoms with Crippen molar-refractivity contribution in [3.05, 3.63) is 247 Å². The summed E-state index contributed by atoms with van der Waals surface area (Å²) in [5.74, 6) is 0. The molecule has 0 aromatic heterocycles. The molecule has 0 bridgehead atoms. The molecule has 1 aliphatic carbocycles. The lowest BCUT2D eigenvalue weighted by atomic mass is 9.78. The van der Waals surface area contributed by atoms with Gasteiger partial charge in [0, 0.05) is 0 Å². The van der Waals surface area contributed by atoms with E-state index in [1.807, 2.05) is 0 Å². The van der Waals surface area contributed by atoms with Crippen LogP contribution in [0.3, 0.4) is 0 Å². The van der Waals surface area contributed by atoms with E-state index in [9.17, 15) is 0 Å². The fourth-order valence-corrected chi connectivity index (χ4v) is 10.8. The summed E-state index contributed by atoms with van der Waals surface area (Å²) in [7, 11) is 0. The van der Waals surface area contributed by atoms with Crippen LogP contribution in [-0.4, -0.2) is 0 Å². The van der Waals surface area contributed by atoms with Gasteiger partial charge in [-0.25, -0.2) is 0 Å². The van der Waals surface area contributed by atoms with Crippen molar-refractivity contribution in [3.8, 4) is 44.5 Å². The Morgan fingerprint density at radius 2 is 0.750 bits per heavy atom. The van der Waals surface area contributed by atoms with E-state index in [1.54, 1.807) is 0 Å². The average Bonchev–Trinajstić information content (AvgIpc) is 3.37. The van der Waals surface area contributed by atoms with Crippen LogP contribution in [0.2, 0.25) is 0 Å². The fourth-order valence-electron chi connectivity index (χ4n) is 10.8. The largest absolute Gasteiger partial charge is 0.0757 e. The SMILES string of the molecule is C1=C(c2cccc(-c3ccc4c(ccc5ccccc54)c3)c2)c2cc3cccc(-c4cccc(-c5ccc6c(ccc7ccccc76)c5)c4)c3c(-c3ccc4ccccc4c3)c2CC1. The number of fused-ring (bicyclic) bond motifs is 9. The second-order valence-corrected chi connectivity index (χ2v) is 17.5. The van der Waals surface area contributed by atoms with E-state index in [0.29, 0.717) is 0 Å². The van der Waals surface area contributed by atoms with E-state index < -0.39 is 0 Å². The molecule has 0 atom stereocenters. The lowest BCUT2D eigenvalue weighted by molar-refractivity contribution is 0.983. The molecule has 0 heteroatoms. The minimum Gasteiger partial charge on any atom is -0.0757 e. The third-order valence-corrected chi connectivity index (χ3v) is 13.8. The van der Waals surface area contributed by atoms with Crippen LogP contribution in [0, 0.1) is 0 Å². The van der Waals surface area contributed by atoms with E-state index in [1.165, 1.54) is 131 Å². The van der Waals surface area contributed by atoms with E-state index in [2.05, 4.69) is 231 Å². The molecular weight excluding hydrogens is 769 g/mol. The molecule has 0 radical (unpaired) electrons. The molecular formula is C64H42. The third-order valence-electron chi connectivity index (χ3n) is 13.8. The second-order valence-electron chi connectivity index (χ2n) is 17.5. The summed E-state index contributed by atoms with van der Waals surface area (Å²) in [6.07, 6.45) is 4.44. The summed E-state index contributed by atoms with van der Waals surface area (Å²) >= 11 is 0. The Labute approximate surface area is 373 Å². The molecule has 12 aromatic rings. The van der Waals surface area contributed by atoms with Crippen LogP contribution in [-0.2, 0) is 6.42 Å². The molecule has 0 unspecified atom stereocenters. The number of benzene rings is 12. The Morgan fingerprint density at radius 3 is 1.45 bits per heavy atom. The molecule has 0 fully saturated rings. The van der Waals surface area contributed by atoms with Crippen molar-refractivity contribution in [1.82, 2.24) is 0 Å². The first-order chi connectivity index (χ1) is 31.7. The first-order valence-corrected chi connectivity index (χ1v) is 22.5. The highest BCUT2D eigenvalue weighted by Gasteiger charge is 2.24. The van der Waals surface area contributed by atoms with Gasteiger partial charge in [-0.3, -0.25) is 0 Å². The van der Waals surface area contributed by atoms with Gasteiger partial charge in [0.1, 0.15) is 0 Å². The predicted molar refractivity (Wildman–Crippen MR) is 275 cm³/mol. The highest BCUT2D eigenvalue weighted by atomic mass is 14.3. The molecule has 0 aliphatic heterocycles. The van der Waals surface area contributed by atoms with E-state index in [-0.39, 0.29) is 0 Å². The molecule has 12 aromatic carbocycles. The minimum atomic E-state index is 0.982. The van der Waals surface area contributed by atoms with Crippen molar-refractivity contribution in [2.24, 2.45) is 0 Å². The van der Waals surface area contributed by atoms with Crippen molar-refractivity contribution in [1.29, 1.82) is 0 Å². The zero-order valence-corrected chi connectivity index (χ0v) is 35.4. The van der Waals surface area contributed by atoms with Gasteiger partial charge in [0.25, 0.3) is 0 Å². The maximum Gasteiger partial charge on any atom is -0.00236 e. The summed E-state index contributed by atoms with van der Waals surface area (Å²) in [5, 5.41) is 15.4. The molecule has 0 amide bonds. The number of rotatable bonds is 5. The molecule has 0 heterocycles. The Bertz CT molecular complexity index is 3900. The van der Waals surface area contributed by atoms with Gasteiger partial charge in [-0.2, -0.15) is 0 Å². The van der Waals surface area contributed by atoms with E-state index in [4.69, 9.17) is 0 Å². The smallest absolute Gasteiger partial charge is 0.00236 e. The number of allylic oxidation sites excluding steroid dienone is 1. The van der Waals surface area contributed by atoms with Crippen molar-refractivity contribution in [2.45, 2.75) is 12.8 Å². The van der Waals surface area contributed by atoms with Crippen LogP contribution in [0.5, 0.6) is 0 Å². The van der Waals surface area contributed by atoms with Crippen molar-refractivity contribution >= 4 is 70.2 Å². The molecule has 1 aliphatic rings. The van der Waals surface area contributed by atoms with Crippen LogP contribution in [0.4, 0.5) is 0 Å². The van der Waals surface area contributed by atoms with Crippen LogP contribution in [0.1, 0.15) is 23.1 Å². The summed E-state index contributed by atoms with van der Waals surface area (Å²) in [5.41, 5.74) is 15.4. The van der Waals surface area contributed by atoms with E-state index in [0.717, 1.165) is 12.8 Å². The number of hydrogen-bond acceptors (Lipinski definition) is 0. The maximum absolute atomic E-state index is 2.48. The molecule has 13 rings (SSSR count). The van der Waals surface area contributed by atoms with Gasteiger partial charge in [0.2, 0.25) is 0 Å². The van der Waals surface area contributed by atoms with Crippen molar-refractivity contribution < 1.29 is 0 Å². The number of hydrogen-bond donors (Lipinski definition) is 0. The molecule has 0 saturated carbocycles. The van der Waals surface area contributed by atoms with Gasteiger partial charge >= 0.3 is 0 Å². The predicted octanol–water partition coefficient (Wildman–Crippen LogP) is 17.7. The van der Waals surface area contributed by atoms with Gasteiger partial charge in [-0.05, 0) is 181 Å². The van der Waals surface area contributed by atoms with Gasteiger partial charge in [0.15, 0.2) is 0 Å². The lowest BCUT2D eigenvalue weighted by Crippen LogP contribution is -2.05. The standard InChI is InChI=1S/C64H42/c1-2-14-44-39-54(30-25-41(44)11-1)64-61-24-10-22-57(49-17-7-15-45(35-49)47-31-33-58-51(37-47)28-26-42-12-3-5-20-55(42)58)62(61)40-53-19-9-23-60(63(53)64)50-18-8-16-46(36-50)48-32-34-59-52(38-48)29-27-43-13-4-6-21-56(43)59/h1-9,11-23,25-40H,10,24H2. The summed E-state index contributed by atoms with van der Waals surface area (Å²) in [6, 6.07) is 83.8. The summed E-state index contributed by atoms with van der Waals surface area (Å²) in [6.45, 7) is 0. The molecule has 0 nitrogen and oxygen atoms in total. The molecule has 64 heavy (non-hydrogen) atoms. The maximum atomic E-state index is 2.48. The van der Waals surface area contributed by atoms with Gasteiger partial charge in [-0.1, -0.05) is 194 Å². The van der Waals surface area contributed by atoms with Gasteiger partial charge < -0.3 is 0 Å². The highest BCUT2D eigenvalue weighted by molar-refractivity contribution is 6.12. The highest BCUT2D eigenvalue weighted by Crippen LogP contribution is 2.46. The Kier molecular flexibility index (Phi) is 8.46. The molecule has 298 valence electrons. The lowest BCUT2D eigenvalue weighted by Gasteiger charge is -2.25. The first-order valence-electron chi connectivity index (χ1n) is 22.5. The van der Waals surface area contributed by atoms with Crippen LogP contribution < -0.4 is 0 Å². The van der Waals surface area contributed by atoms with Crippen LogP contribution >= 0.6 is 0 Å². The second kappa shape index (κ2) is 14.8. The van der Waals surface area contributed by atoms with Gasteiger partial charge in [0.05, 0.1) is 0 Å². The zero-order valence-electron chi connectivity index (χ0n) is 35.4. The van der Waals surface area contributed by atoms with Crippen molar-refractivity contribution in [2.75, 3.05) is 0 Å². The zero-order chi connectivity index (χ0) is 42.1. The van der Waals surface area contributed by atoms with Crippen LogP contribution in [0.15, 0.2) is 231 Å². The molecule has 0 N–H and O–H groups in total. The Hall–Kier alpha value is -8.06. The Morgan fingerprint density at radius 1 is 0.266 bits per heavy atom. The average molecular weight is 811 g/mol. The first kappa shape index (κ1) is 36.6. The van der Waals surface area contributed by atoms with Gasteiger partial charge in [-0.15, -0.1) is 0 Å². The Balaban J connectivity index is 0.963. The normalized spacial score (nSPS) is 12.7. The molecule has 0 spiro atoms. The summed E-state index contributed by atoms with van der Waals surface area (Å²) in [4.78, 5) is 0. The minimum absolute atomic E-state index is 0.982. The summed E-state index contributed by atoms with van der Waals surface area (Å²) < 4.78 is 0. The monoisotopic (exact) mass is 810 g/mol. The molecule has 0 saturated heterocycles. The fraction of sp³-hybridized carbons (Fsp3) is 0.0312. The van der Waals surface area contributed by atoms with Crippen molar-refractivity contribution in [3.63, 3.8) is 0 Å². The van der Waals surface area contributed by atoms with E-state index >= 15 is 0 Å². The quantitative estimate of drug-likeness (QED) is 0.152. The third kappa shape index (κ3) is 6.06. The van der Waals surface area contributed by atoms with Crippen LogP contribution in [0.25, 0.3) is 115 Å². The topological polar surface area (TPSA) is 0 Å².